The number of aromatic nitrogens is 2. The zero-order valence-electron chi connectivity index (χ0n) is 14.8. The van der Waals surface area contributed by atoms with Gasteiger partial charge < -0.3 is 10.2 Å². The highest BCUT2D eigenvalue weighted by Gasteiger charge is 2.18. The molecule has 0 aliphatic carbocycles. The SMILES string of the molecule is O=C(Cc1ccccc1Cl)NCCCN1CCN(c2ncccn2)CC1. The Morgan fingerprint density at radius 1 is 1.08 bits per heavy atom. The van der Waals surface area contributed by atoms with Crippen LogP contribution in [0.15, 0.2) is 42.7 Å². The summed E-state index contributed by atoms with van der Waals surface area (Å²) in [5.41, 5.74) is 0.867. The van der Waals surface area contributed by atoms with Crippen LogP contribution in [0.1, 0.15) is 12.0 Å². The summed E-state index contributed by atoms with van der Waals surface area (Å²) in [5, 5.41) is 3.62. The number of nitrogens with one attached hydrogen (secondary N) is 1. The van der Waals surface area contributed by atoms with Gasteiger partial charge in [0.25, 0.3) is 0 Å². The van der Waals surface area contributed by atoms with Crippen LogP contribution < -0.4 is 10.2 Å². The van der Waals surface area contributed by atoms with Crippen molar-refractivity contribution in [3.05, 3.63) is 53.3 Å². The third-order valence-electron chi connectivity index (χ3n) is 4.49. The van der Waals surface area contributed by atoms with Crippen molar-refractivity contribution < 1.29 is 4.79 Å². The number of rotatable bonds is 7. The van der Waals surface area contributed by atoms with Gasteiger partial charge in [-0.05, 0) is 30.7 Å². The monoisotopic (exact) mass is 373 g/mol. The lowest BCUT2D eigenvalue weighted by Crippen LogP contribution is -2.47. The maximum Gasteiger partial charge on any atom is 0.225 e. The molecule has 3 rings (SSSR count). The topological polar surface area (TPSA) is 61.4 Å². The average molecular weight is 374 g/mol. The van der Waals surface area contributed by atoms with E-state index in [1.807, 2.05) is 30.3 Å². The van der Waals surface area contributed by atoms with Crippen molar-refractivity contribution in [2.45, 2.75) is 12.8 Å². The van der Waals surface area contributed by atoms with Crippen molar-refractivity contribution in [2.75, 3.05) is 44.2 Å². The maximum absolute atomic E-state index is 12.0. The Labute approximate surface area is 159 Å². The highest BCUT2D eigenvalue weighted by atomic mass is 35.5. The molecule has 26 heavy (non-hydrogen) atoms. The molecule has 2 aromatic rings. The Bertz CT molecular complexity index is 704. The molecule has 1 amide bonds. The van der Waals surface area contributed by atoms with Crippen LogP contribution in [0.2, 0.25) is 5.02 Å². The number of amides is 1. The standard InChI is InChI=1S/C19H24ClN5O/c20-17-6-2-1-5-16(17)15-18(26)21-9-4-10-24-11-13-25(14-12-24)19-22-7-3-8-23-19/h1-3,5-8H,4,9-15H2,(H,21,26). The predicted octanol–water partition coefficient (Wildman–Crippen LogP) is 2.00. The number of halogens is 1. The molecule has 0 saturated carbocycles. The molecule has 1 saturated heterocycles. The van der Waals surface area contributed by atoms with Crippen LogP contribution in [0.3, 0.4) is 0 Å². The maximum atomic E-state index is 12.0. The van der Waals surface area contributed by atoms with Crippen molar-refractivity contribution in [2.24, 2.45) is 0 Å². The minimum Gasteiger partial charge on any atom is -0.356 e. The first-order valence-electron chi connectivity index (χ1n) is 8.97. The summed E-state index contributed by atoms with van der Waals surface area (Å²) in [6, 6.07) is 9.30. The van der Waals surface area contributed by atoms with Crippen LogP contribution >= 0.6 is 11.6 Å². The minimum atomic E-state index is 0.0177. The third kappa shape index (κ3) is 5.41. The largest absolute Gasteiger partial charge is 0.356 e. The molecule has 7 heteroatoms. The number of piperazine rings is 1. The van der Waals surface area contributed by atoms with Gasteiger partial charge in [0, 0.05) is 50.1 Å². The lowest BCUT2D eigenvalue weighted by Gasteiger charge is -2.34. The van der Waals surface area contributed by atoms with Crippen LogP contribution in [0.25, 0.3) is 0 Å². The zero-order chi connectivity index (χ0) is 18.2. The van der Waals surface area contributed by atoms with Gasteiger partial charge >= 0.3 is 0 Å². The summed E-state index contributed by atoms with van der Waals surface area (Å²) in [5.74, 6) is 0.822. The van der Waals surface area contributed by atoms with Crippen LogP contribution in [-0.2, 0) is 11.2 Å². The van der Waals surface area contributed by atoms with E-state index in [2.05, 4.69) is 25.1 Å². The molecule has 138 valence electrons. The molecular formula is C19H24ClN5O. The minimum absolute atomic E-state index is 0.0177. The molecule has 1 aromatic heterocycles. The Hall–Kier alpha value is -2.18. The van der Waals surface area contributed by atoms with E-state index < -0.39 is 0 Å². The van der Waals surface area contributed by atoms with Gasteiger partial charge in [-0.3, -0.25) is 9.69 Å². The Kier molecular flexibility index (Phi) is 6.80. The second kappa shape index (κ2) is 9.50. The summed E-state index contributed by atoms with van der Waals surface area (Å²) < 4.78 is 0. The fourth-order valence-corrected chi connectivity index (χ4v) is 3.24. The summed E-state index contributed by atoms with van der Waals surface area (Å²) in [6.45, 7) is 5.52. The van der Waals surface area contributed by atoms with Crippen molar-refractivity contribution in [1.82, 2.24) is 20.2 Å². The van der Waals surface area contributed by atoms with Crippen LogP contribution in [-0.4, -0.2) is 60.0 Å². The fraction of sp³-hybridized carbons (Fsp3) is 0.421. The Morgan fingerprint density at radius 2 is 1.81 bits per heavy atom. The molecule has 1 aromatic carbocycles. The number of hydrogen-bond acceptors (Lipinski definition) is 5. The van der Waals surface area contributed by atoms with E-state index in [0.29, 0.717) is 18.0 Å². The van der Waals surface area contributed by atoms with Gasteiger partial charge in [-0.25, -0.2) is 9.97 Å². The second-order valence-electron chi connectivity index (χ2n) is 6.35. The molecule has 0 radical (unpaired) electrons. The summed E-state index contributed by atoms with van der Waals surface area (Å²) in [4.78, 5) is 25.2. The van der Waals surface area contributed by atoms with Crippen molar-refractivity contribution in [3.63, 3.8) is 0 Å². The molecule has 1 aliphatic heterocycles. The number of hydrogen-bond donors (Lipinski definition) is 1. The van der Waals surface area contributed by atoms with Gasteiger partial charge in [-0.1, -0.05) is 29.8 Å². The van der Waals surface area contributed by atoms with Crippen LogP contribution in [0, 0.1) is 0 Å². The van der Waals surface area contributed by atoms with Crippen LogP contribution in [0.4, 0.5) is 5.95 Å². The molecular weight excluding hydrogens is 350 g/mol. The van der Waals surface area contributed by atoms with Gasteiger partial charge in [0.15, 0.2) is 0 Å². The number of anilines is 1. The Morgan fingerprint density at radius 3 is 2.54 bits per heavy atom. The fourth-order valence-electron chi connectivity index (χ4n) is 3.03. The first-order chi connectivity index (χ1) is 12.7. The number of carbonyl (C=O) groups is 1. The summed E-state index contributed by atoms with van der Waals surface area (Å²) in [6.07, 6.45) is 4.82. The normalized spacial score (nSPS) is 15.0. The van der Waals surface area contributed by atoms with E-state index in [4.69, 9.17) is 11.6 Å². The third-order valence-corrected chi connectivity index (χ3v) is 4.86. The highest BCUT2D eigenvalue weighted by molar-refractivity contribution is 6.31. The first kappa shape index (κ1) is 18.6. The summed E-state index contributed by atoms with van der Waals surface area (Å²) >= 11 is 6.09. The molecule has 6 nitrogen and oxygen atoms in total. The number of carbonyl (C=O) groups excluding carboxylic acids is 1. The molecule has 0 bridgehead atoms. The van der Waals surface area contributed by atoms with Gasteiger partial charge in [0.05, 0.1) is 6.42 Å². The van der Waals surface area contributed by atoms with Gasteiger partial charge in [-0.15, -0.1) is 0 Å². The van der Waals surface area contributed by atoms with Crippen molar-refractivity contribution in [3.8, 4) is 0 Å². The summed E-state index contributed by atoms with van der Waals surface area (Å²) in [7, 11) is 0. The lowest BCUT2D eigenvalue weighted by molar-refractivity contribution is -0.120. The lowest BCUT2D eigenvalue weighted by atomic mass is 10.1. The quantitative estimate of drug-likeness (QED) is 0.752. The van der Waals surface area contributed by atoms with Crippen molar-refractivity contribution >= 4 is 23.5 Å². The van der Waals surface area contributed by atoms with E-state index in [0.717, 1.165) is 50.7 Å². The van der Waals surface area contributed by atoms with Gasteiger partial charge in [-0.2, -0.15) is 0 Å². The predicted molar refractivity (Wildman–Crippen MR) is 103 cm³/mol. The zero-order valence-corrected chi connectivity index (χ0v) is 15.5. The molecule has 2 heterocycles. The molecule has 1 aliphatic rings. The smallest absolute Gasteiger partial charge is 0.225 e. The molecule has 0 atom stereocenters. The average Bonchev–Trinajstić information content (AvgIpc) is 2.68. The molecule has 0 unspecified atom stereocenters. The second-order valence-corrected chi connectivity index (χ2v) is 6.76. The highest BCUT2D eigenvalue weighted by Crippen LogP contribution is 2.15. The van der Waals surface area contributed by atoms with E-state index in [1.54, 1.807) is 12.4 Å². The Balaban J connectivity index is 1.31. The van der Waals surface area contributed by atoms with E-state index >= 15 is 0 Å². The van der Waals surface area contributed by atoms with Gasteiger partial charge in [0.2, 0.25) is 11.9 Å². The van der Waals surface area contributed by atoms with Crippen LogP contribution in [0.5, 0.6) is 0 Å². The molecule has 1 N–H and O–H groups in total. The molecule has 0 spiro atoms. The van der Waals surface area contributed by atoms with E-state index in [9.17, 15) is 4.79 Å². The molecule has 1 fully saturated rings. The van der Waals surface area contributed by atoms with Gasteiger partial charge in [0.1, 0.15) is 0 Å². The number of nitrogens with zero attached hydrogens (tertiary/aromatic N) is 4. The number of benzene rings is 1. The first-order valence-corrected chi connectivity index (χ1v) is 9.34. The van der Waals surface area contributed by atoms with Crippen molar-refractivity contribution in [1.29, 1.82) is 0 Å². The van der Waals surface area contributed by atoms with E-state index in [1.165, 1.54) is 0 Å². The van der Waals surface area contributed by atoms with E-state index in [-0.39, 0.29) is 5.91 Å².